The maximum Gasteiger partial charge on any atom is 0.193 e. The van der Waals surface area contributed by atoms with E-state index in [-0.39, 0.29) is 0 Å². The van der Waals surface area contributed by atoms with Crippen LogP contribution in [0.1, 0.15) is 5.56 Å². The predicted molar refractivity (Wildman–Crippen MR) is 92.6 cm³/mol. The van der Waals surface area contributed by atoms with Crippen LogP contribution in [0.2, 0.25) is 0 Å². The molecular weight excluding hydrogens is 346 g/mol. The number of rotatable bonds is 5. The monoisotopic (exact) mass is 363 g/mol. The van der Waals surface area contributed by atoms with E-state index in [1.165, 1.54) is 0 Å². The van der Waals surface area contributed by atoms with Gasteiger partial charge >= 0.3 is 0 Å². The molecule has 0 bridgehead atoms. The Morgan fingerprint density at radius 1 is 1.09 bits per heavy atom. The van der Waals surface area contributed by atoms with Gasteiger partial charge in [-0.1, -0.05) is 28.1 Å². The third-order valence-electron chi connectivity index (χ3n) is 3.00. The first-order chi connectivity index (χ1) is 10.6. The Balaban J connectivity index is 2.03. The normalized spacial score (nSPS) is 11.1. The number of guanidine groups is 1. The van der Waals surface area contributed by atoms with Crippen molar-refractivity contribution in [3.63, 3.8) is 0 Å². The van der Waals surface area contributed by atoms with Crippen LogP contribution in [0.5, 0.6) is 11.5 Å². The molecule has 0 radical (unpaired) electrons. The predicted octanol–water partition coefficient (Wildman–Crippen LogP) is 3.39. The van der Waals surface area contributed by atoms with E-state index in [1.807, 2.05) is 36.4 Å². The lowest BCUT2D eigenvalue weighted by Gasteiger charge is -2.11. The molecular formula is C16H18BrN3O2. The van der Waals surface area contributed by atoms with Crippen LogP contribution in [0, 0.1) is 0 Å². The maximum absolute atomic E-state index is 5.90. The largest absolute Gasteiger partial charge is 0.493 e. The summed E-state index contributed by atoms with van der Waals surface area (Å²) in [6, 6.07) is 13.4. The summed E-state index contributed by atoms with van der Waals surface area (Å²) < 4.78 is 11.5. The van der Waals surface area contributed by atoms with Crippen LogP contribution >= 0.6 is 15.9 Å². The van der Waals surface area contributed by atoms with E-state index in [4.69, 9.17) is 15.2 Å². The third kappa shape index (κ3) is 4.39. The second-order valence-corrected chi connectivity index (χ2v) is 5.44. The molecule has 0 saturated carbocycles. The van der Waals surface area contributed by atoms with E-state index in [9.17, 15) is 0 Å². The van der Waals surface area contributed by atoms with Gasteiger partial charge in [0.25, 0.3) is 0 Å². The molecule has 0 aliphatic heterocycles. The summed E-state index contributed by atoms with van der Waals surface area (Å²) in [6.07, 6.45) is 0. The molecule has 0 atom stereocenters. The zero-order valence-corrected chi connectivity index (χ0v) is 14.1. The molecule has 0 saturated heterocycles. The highest BCUT2D eigenvalue weighted by Gasteiger charge is 2.05. The van der Waals surface area contributed by atoms with Crippen molar-refractivity contribution in [2.75, 3.05) is 19.5 Å². The second-order valence-electron chi connectivity index (χ2n) is 4.52. The van der Waals surface area contributed by atoms with Crippen LogP contribution in [0.15, 0.2) is 51.9 Å². The Hall–Kier alpha value is -2.21. The number of benzene rings is 2. The first-order valence-electron chi connectivity index (χ1n) is 6.66. The van der Waals surface area contributed by atoms with Gasteiger partial charge in [-0.2, -0.15) is 0 Å². The number of nitrogens with zero attached hydrogens (tertiary/aromatic N) is 1. The summed E-state index contributed by atoms with van der Waals surface area (Å²) in [5.74, 6) is 1.64. The molecule has 2 aromatic carbocycles. The number of aliphatic imine (C=N–C) groups is 1. The summed E-state index contributed by atoms with van der Waals surface area (Å²) in [7, 11) is 3.19. The summed E-state index contributed by atoms with van der Waals surface area (Å²) >= 11 is 3.40. The van der Waals surface area contributed by atoms with Crippen molar-refractivity contribution < 1.29 is 9.47 Å². The topological polar surface area (TPSA) is 68.9 Å². The van der Waals surface area contributed by atoms with Crippen molar-refractivity contribution in [3.05, 3.63) is 52.5 Å². The fraction of sp³-hybridized carbons (Fsp3) is 0.188. The minimum atomic E-state index is 0.343. The van der Waals surface area contributed by atoms with E-state index in [1.54, 1.807) is 20.3 Å². The van der Waals surface area contributed by atoms with E-state index < -0.39 is 0 Å². The summed E-state index contributed by atoms with van der Waals surface area (Å²) in [4.78, 5) is 4.31. The minimum Gasteiger partial charge on any atom is -0.493 e. The molecule has 0 aromatic heterocycles. The van der Waals surface area contributed by atoms with Gasteiger partial charge in [0, 0.05) is 16.2 Å². The lowest BCUT2D eigenvalue weighted by molar-refractivity contribution is 0.355. The molecule has 3 N–H and O–H groups in total. The van der Waals surface area contributed by atoms with E-state index >= 15 is 0 Å². The fourth-order valence-electron chi connectivity index (χ4n) is 1.87. The van der Waals surface area contributed by atoms with Crippen molar-refractivity contribution in [1.82, 2.24) is 0 Å². The van der Waals surface area contributed by atoms with Crippen LogP contribution in [0.25, 0.3) is 0 Å². The number of ether oxygens (including phenoxy) is 2. The Kier molecular flexibility index (Phi) is 5.66. The minimum absolute atomic E-state index is 0.343. The van der Waals surface area contributed by atoms with Crippen molar-refractivity contribution >= 4 is 27.6 Å². The molecule has 5 nitrogen and oxygen atoms in total. The van der Waals surface area contributed by atoms with Crippen molar-refractivity contribution in [2.45, 2.75) is 6.54 Å². The van der Waals surface area contributed by atoms with Gasteiger partial charge in [0.15, 0.2) is 17.5 Å². The molecule has 0 aliphatic rings. The Labute approximate surface area is 138 Å². The molecule has 0 amide bonds. The first-order valence-corrected chi connectivity index (χ1v) is 7.45. The molecule has 116 valence electrons. The van der Waals surface area contributed by atoms with Gasteiger partial charge in [-0.3, -0.25) is 0 Å². The van der Waals surface area contributed by atoms with Gasteiger partial charge < -0.3 is 20.5 Å². The van der Waals surface area contributed by atoms with Crippen LogP contribution in [0.3, 0.4) is 0 Å². The van der Waals surface area contributed by atoms with E-state index in [0.29, 0.717) is 24.0 Å². The number of nitrogens with one attached hydrogen (secondary N) is 1. The van der Waals surface area contributed by atoms with Gasteiger partial charge in [0.05, 0.1) is 20.8 Å². The first kappa shape index (κ1) is 16.2. The van der Waals surface area contributed by atoms with Gasteiger partial charge in [-0.15, -0.1) is 0 Å². The highest BCUT2D eigenvalue weighted by Crippen LogP contribution is 2.29. The molecule has 0 aliphatic carbocycles. The highest BCUT2D eigenvalue weighted by molar-refractivity contribution is 9.10. The lowest BCUT2D eigenvalue weighted by atomic mass is 10.2. The summed E-state index contributed by atoms with van der Waals surface area (Å²) in [5.41, 5.74) is 7.77. The Bertz CT molecular complexity index is 657. The molecule has 22 heavy (non-hydrogen) atoms. The number of hydrogen-bond acceptors (Lipinski definition) is 3. The van der Waals surface area contributed by atoms with Gasteiger partial charge in [0.2, 0.25) is 0 Å². The van der Waals surface area contributed by atoms with Crippen LogP contribution in [0.4, 0.5) is 5.69 Å². The summed E-state index contributed by atoms with van der Waals surface area (Å²) in [6.45, 7) is 0.513. The SMILES string of the molecule is COc1ccc(NC(N)=NCc2ccc(Br)cc2)cc1OC. The molecule has 0 unspecified atom stereocenters. The molecule has 0 fully saturated rings. The number of anilines is 1. The lowest BCUT2D eigenvalue weighted by Crippen LogP contribution is -2.22. The quantitative estimate of drug-likeness (QED) is 0.630. The van der Waals surface area contributed by atoms with Crippen LogP contribution in [-0.2, 0) is 6.54 Å². The average Bonchev–Trinajstić information content (AvgIpc) is 2.54. The molecule has 0 spiro atoms. The van der Waals surface area contributed by atoms with Crippen molar-refractivity contribution in [3.8, 4) is 11.5 Å². The second kappa shape index (κ2) is 7.70. The zero-order chi connectivity index (χ0) is 15.9. The van der Waals surface area contributed by atoms with Crippen molar-refractivity contribution in [2.24, 2.45) is 10.7 Å². The average molecular weight is 364 g/mol. The smallest absolute Gasteiger partial charge is 0.193 e. The Morgan fingerprint density at radius 3 is 2.41 bits per heavy atom. The number of methoxy groups -OCH3 is 2. The maximum atomic E-state index is 5.90. The van der Waals surface area contributed by atoms with Gasteiger partial charge in [-0.25, -0.2) is 4.99 Å². The summed E-state index contributed by atoms with van der Waals surface area (Å²) in [5, 5.41) is 3.03. The molecule has 2 rings (SSSR count). The van der Waals surface area contributed by atoms with Crippen molar-refractivity contribution in [1.29, 1.82) is 0 Å². The fourth-order valence-corrected chi connectivity index (χ4v) is 2.13. The Morgan fingerprint density at radius 2 is 1.77 bits per heavy atom. The van der Waals surface area contributed by atoms with E-state index in [0.717, 1.165) is 15.7 Å². The van der Waals surface area contributed by atoms with E-state index in [2.05, 4.69) is 26.2 Å². The highest BCUT2D eigenvalue weighted by atomic mass is 79.9. The molecule has 6 heteroatoms. The number of halogens is 1. The van der Waals surface area contributed by atoms with Crippen LogP contribution < -0.4 is 20.5 Å². The number of hydrogen-bond donors (Lipinski definition) is 2. The van der Waals surface area contributed by atoms with Gasteiger partial charge in [-0.05, 0) is 29.8 Å². The van der Waals surface area contributed by atoms with Gasteiger partial charge in [0.1, 0.15) is 0 Å². The standard InChI is InChI=1S/C16H18BrN3O2/c1-21-14-8-7-13(9-15(14)22-2)20-16(18)19-10-11-3-5-12(17)6-4-11/h3-9H,10H2,1-2H3,(H3,18,19,20). The number of nitrogens with two attached hydrogens (primary N) is 1. The third-order valence-corrected chi connectivity index (χ3v) is 3.53. The zero-order valence-electron chi connectivity index (χ0n) is 12.5. The molecule has 0 heterocycles. The van der Waals surface area contributed by atoms with Crippen LogP contribution in [-0.4, -0.2) is 20.2 Å². The molecule has 2 aromatic rings.